The van der Waals surface area contributed by atoms with E-state index in [9.17, 15) is 16.8 Å². The molecule has 0 saturated carbocycles. The lowest BCUT2D eigenvalue weighted by Gasteiger charge is -2.11. The lowest BCUT2D eigenvalue weighted by Crippen LogP contribution is -2.16. The minimum atomic E-state index is -4.19. The molecule has 0 bridgehead atoms. The van der Waals surface area contributed by atoms with E-state index in [-0.39, 0.29) is 11.4 Å². The fourth-order valence-corrected chi connectivity index (χ4v) is 1.81. The fraction of sp³-hybridized carbons (Fsp3) is 0.250. The minimum absolute atomic E-state index is 0.277. The Morgan fingerprint density at radius 1 is 0.833 bits per heavy atom. The Kier molecular flexibility index (Phi) is 4.51. The van der Waals surface area contributed by atoms with Crippen LogP contribution >= 0.6 is 0 Å². The second-order valence-electron chi connectivity index (χ2n) is 3.35. The topological polar surface area (TPSA) is 133 Å². The van der Waals surface area contributed by atoms with Gasteiger partial charge in [-0.3, -0.25) is 9.11 Å². The van der Waals surface area contributed by atoms with Crippen LogP contribution < -0.4 is 10.6 Å². The fourth-order valence-electron chi connectivity index (χ4n) is 1.13. The van der Waals surface area contributed by atoms with Gasteiger partial charge in [-0.25, -0.2) is 0 Å². The van der Waals surface area contributed by atoms with Gasteiger partial charge in [-0.1, -0.05) is 12.1 Å². The first kappa shape index (κ1) is 14.7. The number of hydrogen-bond acceptors (Lipinski definition) is 6. The zero-order valence-corrected chi connectivity index (χ0v) is 10.7. The molecule has 0 radical (unpaired) electrons. The zero-order valence-electron chi connectivity index (χ0n) is 9.07. The molecule has 1 rings (SSSR count). The van der Waals surface area contributed by atoms with Crippen LogP contribution in [0.15, 0.2) is 24.3 Å². The summed E-state index contributed by atoms with van der Waals surface area (Å²) in [6.07, 6.45) is 0. The van der Waals surface area contributed by atoms with Crippen molar-refractivity contribution in [3.8, 4) is 0 Å². The summed E-state index contributed by atoms with van der Waals surface area (Å²) in [6.45, 7) is 0. The molecule has 4 N–H and O–H groups in total. The highest BCUT2D eigenvalue weighted by Gasteiger charge is 2.09. The molecular weight excluding hydrogens is 284 g/mol. The molecule has 0 aliphatic rings. The van der Waals surface area contributed by atoms with Crippen LogP contribution in [0.3, 0.4) is 0 Å². The standard InChI is InChI=1S/C8H12N2O6S2/c11-17(12,13)5-9-7-3-1-2-4-8(7)10-6-18(14,15)16/h1-4,9-10H,5-6H2,(H,11,12,13)(H,14,15,16). The first-order valence-electron chi connectivity index (χ1n) is 4.64. The van der Waals surface area contributed by atoms with Gasteiger partial charge in [0.05, 0.1) is 11.4 Å². The number of nitrogens with one attached hydrogen (secondary N) is 2. The third-order valence-corrected chi connectivity index (χ3v) is 2.84. The summed E-state index contributed by atoms with van der Waals surface area (Å²) in [4.78, 5) is 0. The second-order valence-corrected chi connectivity index (χ2v) is 6.26. The summed E-state index contributed by atoms with van der Waals surface area (Å²) in [5.74, 6) is -1.42. The molecule has 18 heavy (non-hydrogen) atoms. The van der Waals surface area contributed by atoms with Crippen LogP contribution in [0, 0.1) is 0 Å². The Morgan fingerprint density at radius 2 is 1.17 bits per heavy atom. The van der Waals surface area contributed by atoms with E-state index in [0.29, 0.717) is 0 Å². The molecule has 0 spiro atoms. The van der Waals surface area contributed by atoms with Crippen LogP contribution in [-0.4, -0.2) is 37.7 Å². The molecule has 0 aliphatic heterocycles. The van der Waals surface area contributed by atoms with Gasteiger partial charge in [-0.05, 0) is 12.1 Å². The van der Waals surface area contributed by atoms with E-state index in [4.69, 9.17) is 9.11 Å². The summed E-state index contributed by atoms with van der Waals surface area (Å²) in [5.41, 5.74) is 0.553. The van der Waals surface area contributed by atoms with Gasteiger partial charge in [0, 0.05) is 0 Å². The van der Waals surface area contributed by atoms with Crippen LogP contribution in [0.25, 0.3) is 0 Å². The first-order valence-corrected chi connectivity index (χ1v) is 7.86. The van der Waals surface area contributed by atoms with Crippen molar-refractivity contribution in [3.63, 3.8) is 0 Å². The van der Waals surface area contributed by atoms with Crippen LogP contribution in [-0.2, 0) is 20.2 Å². The molecule has 0 unspecified atom stereocenters. The van der Waals surface area contributed by atoms with Crippen LogP contribution in [0.5, 0.6) is 0 Å². The number of para-hydroxylation sites is 2. The molecule has 102 valence electrons. The maximum absolute atomic E-state index is 10.6. The zero-order chi connectivity index (χ0) is 13.8. The van der Waals surface area contributed by atoms with Gasteiger partial charge in [-0.2, -0.15) is 16.8 Å². The van der Waals surface area contributed by atoms with E-state index < -0.39 is 32.0 Å². The molecule has 0 aromatic heterocycles. The average Bonchev–Trinajstić information content (AvgIpc) is 2.22. The largest absolute Gasteiger partial charge is 0.368 e. The Labute approximate surface area is 105 Å². The monoisotopic (exact) mass is 296 g/mol. The number of hydrogen-bond donors (Lipinski definition) is 4. The summed E-state index contributed by atoms with van der Waals surface area (Å²) < 4.78 is 59.4. The maximum Gasteiger partial charge on any atom is 0.283 e. The smallest absolute Gasteiger partial charge is 0.283 e. The van der Waals surface area contributed by atoms with Crippen molar-refractivity contribution in [3.05, 3.63) is 24.3 Å². The third kappa shape index (κ3) is 5.82. The molecule has 0 aliphatic carbocycles. The maximum atomic E-state index is 10.6. The highest BCUT2D eigenvalue weighted by Crippen LogP contribution is 2.20. The molecule has 0 amide bonds. The first-order chi connectivity index (χ1) is 8.17. The molecule has 0 heterocycles. The quantitative estimate of drug-likeness (QED) is 0.547. The molecule has 10 heteroatoms. The van der Waals surface area contributed by atoms with Gasteiger partial charge in [0.15, 0.2) is 0 Å². The van der Waals surface area contributed by atoms with Gasteiger partial charge < -0.3 is 10.6 Å². The van der Waals surface area contributed by atoms with Crippen molar-refractivity contribution in [2.45, 2.75) is 0 Å². The molecule has 1 aromatic rings. The van der Waals surface area contributed by atoms with Crippen molar-refractivity contribution in [2.24, 2.45) is 0 Å². The van der Waals surface area contributed by atoms with Crippen molar-refractivity contribution in [2.75, 3.05) is 22.4 Å². The third-order valence-electron chi connectivity index (χ3n) is 1.82. The van der Waals surface area contributed by atoms with Crippen molar-refractivity contribution >= 4 is 31.6 Å². The number of anilines is 2. The van der Waals surface area contributed by atoms with Crippen LogP contribution in [0.2, 0.25) is 0 Å². The van der Waals surface area contributed by atoms with Gasteiger partial charge in [-0.15, -0.1) is 0 Å². The predicted octanol–water partition coefficient (Wildman–Crippen LogP) is 0.201. The molecule has 8 nitrogen and oxygen atoms in total. The van der Waals surface area contributed by atoms with E-state index in [1.807, 2.05) is 0 Å². The average molecular weight is 296 g/mol. The van der Waals surface area contributed by atoms with Crippen LogP contribution in [0.1, 0.15) is 0 Å². The SMILES string of the molecule is O=S(=O)(O)CNc1ccccc1NCS(=O)(=O)O. The normalized spacial score (nSPS) is 12.1. The van der Waals surface area contributed by atoms with Gasteiger partial charge >= 0.3 is 0 Å². The second kappa shape index (κ2) is 5.52. The highest BCUT2D eigenvalue weighted by atomic mass is 32.2. The summed E-state index contributed by atoms with van der Waals surface area (Å²) in [7, 11) is -8.38. The minimum Gasteiger partial charge on any atom is -0.368 e. The lowest BCUT2D eigenvalue weighted by molar-refractivity contribution is 0.483. The van der Waals surface area contributed by atoms with Gasteiger partial charge in [0.2, 0.25) is 0 Å². The van der Waals surface area contributed by atoms with E-state index in [0.717, 1.165) is 0 Å². The molecule has 1 aromatic carbocycles. The lowest BCUT2D eigenvalue weighted by atomic mass is 10.3. The molecular formula is C8H12N2O6S2. The van der Waals surface area contributed by atoms with E-state index >= 15 is 0 Å². The van der Waals surface area contributed by atoms with Gasteiger partial charge in [0.1, 0.15) is 11.8 Å². The number of rotatable bonds is 6. The highest BCUT2D eigenvalue weighted by molar-refractivity contribution is 7.86. The Hall–Kier alpha value is -1.36. The molecule has 0 saturated heterocycles. The van der Waals surface area contributed by atoms with Gasteiger partial charge in [0.25, 0.3) is 20.2 Å². The Balaban J connectivity index is 2.80. The Morgan fingerprint density at radius 3 is 1.44 bits per heavy atom. The van der Waals surface area contributed by atoms with Crippen molar-refractivity contribution in [1.82, 2.24) is 0 Å². The van der Waals surface area contributed by atoms with E-state index in [1.165, 1.54) is 12.1 Å². The summed E-state index contributed by atoms with van der Waals surface area (Å²) >= 11 is 0. The van der Waals surface area contributed by atoms with E-state index in [1.54, 1.807) is 12.1 Å². The van der Waals surface area contributed by atoms with Crippen molar-refractivity contribution in [1.29, 1.82) is 0 Å². The molecule has 0 atom stereocenters. The van der Waals surface area contributed by atoms with Crippen LogP contribution in [0.4, 0.5) is 11.4 Å². The summed E-state index contributed by atoms with van der Waals surface area (Å²) in [6, 6.07) is 6.14. The summed E-state index contributed by atoms with van der Waals surface area (Å²) in [5, 5.41) is 4.83. The number of benzene rings is 1. The Bertz CT molecular complexity index is 555. The van der Waals surface area contributed by atoms with E-state index in [2.05, 4.69) is 10.6 Å². The molecule has 0 fully saturated rings. The van der Waals surface area contributed by atoms with Crippen molar-refractivity contribution < 1.29 is 25.9 Å². The predicted molar refractivity (Wildman–Crippen MR) is 66.5 cm³/mol.